The molecule has 0 unspecified atom stereocenters. The first-order valence-corrected chi connectivity index (χ1v) is 16.5. The van der Waals surface area contributed by atoms with Gasteiger partial charge in [-0.2, -0.15) is 9.61 Å². The number of aliphatic carboxylic acids is 1. The third-order valence-corrected chi connectivity index (χ3v) is 8.98. The monoisotopic (exact) mass is 638 g/mol. The normalized spacial score (nSPS) is 21.0. The Morgan fingerprint density at radius 3 is 2.53 bits per heavy atom. The van der Waals surface area contributed by atoms with Crippen molar-refractivity contribution < 1.29 is 24.1 Å². The van der Waals surface area contributed by atoms with Crippen LogP contribution in [0.15, 0.2) is 60.7 Å². The van der Waals surface area contributed by atoms with E-state index >= 15 is 0 Å². The van der Waals surface area contributed by atoms with Crippen molar-refractivity contribution in [2.75, 3.05) is 24.6 Å². The van der Waals surface area contributed by atoms with Crippen LogP contribution in [-0.4, -0.2) is 62.7 Å². The molecule has 1 saturated heterocycles. The molecule has 0 amide bonds. The van der Waals surface area contributed by atoms with Crippen LogP contribution in [0.4, 0.5) is 5.82 Å². The standard InChI is InChI=1S/C38H46N4O5/c1-24-14-15-29-27-12-10-13-28(22-27)30-23-32-39-26(3)33(34(36(43)44)47-37(4,5)6)35(42(32)40-30)41-18-16-38(7,17-19-41)45-20-9-8-11-25(2)46-31(29)21-24/h8-10,12-15,21-23,25,34H,11,16-20H2,1-7H3,(H,43,44)/t25-,34-/m0/s1. The molecular formula is C38H46N4O5. The Labute approximate surface area is 277 Å². The minimum absolute atomic E-state index is 0.0170. The van der Waals surface area contributed by atoms with E-state index in [4.69, 9.17) is 24.3 Å². The third kappa shape index (κ3) is 7.06. The van der Waals surface area contributed by atoms with E-state index in [-0.39, 0.29) is 11.7 Å². The number of nitrogens with zero attached hydrogens (tertiary/aromatic N) is 4. The third-order valence-electron chi connectivity index (χ3n) is 8.98. The summed E-state index contributed by atoms with van der Waals surface area (Å²) in [7, 11) is 0. The number of fused-ring (bicyclic) bond motifs is 7. The lowest BCUT2D eigenvalue weighted by Gasteiger charge is -2.41. The first-order chi connectivity index (χ1) is 22.3. The van der Waals surface area contributed by atoms with E-state index in [9.17, 15) is 9.90 Å². The van der Waals surface area contributed by atoms with E-state index in [1.54, 1.807) is 4.52 Å². The summed E-state index contributed by atoms with van der Waals surface area (Å²) < 4.78 is 20.9. The number of hydrogen-bond acceptors (Lipinski definition) is 7. The van der Waals surface area contributed by atoms with Crippen molar-refractivity contribution in [1.29, 1.82) is 0 Å². The molecule has 3 aliphatic rings. The van der Waals surface area contributed by atoms with Crippen LogP contribution in [0.5, 0.6) is 5.75 Å². The molecule has 4 aromatic rings. The van der Waals surface area contributed by atoms with Gasteiger partial charge in [0.1, 0.15) is 11.6 Å². The van der Waals surface area contributed by atoms with E-state index in [0.717, 1.165) is 53.0 Å². The molecule has 248 valence electrons. The molecule has 2 aromatic carbocycles. The van der Waals surface area contributed by atoms with Gasteiger partial charge in [-0.15, -0.1) is 0 Å². The van der Waals surface area contributed by atoms with Crippen molar-refractivity contribution in [3.63, 3.8) is 0 Å². The van der Waals surface area contributed by atoms with Crippen molar-refractivity contribution in [2.45, 2.75) is 91.1 Å². The fourth-order valence-electron chi connectivity index (χ4n) is 6.47. The highest BCUT2D eigenvalue weighted by Gasteiger charge is 2.37. The van der Waals surface area contributed by atoms with Gasteiger partial charge in [-0.25, -0.2) is 9.78 Å². The Morgan fingerprint density at radius 1 is 1.06 bits per heavy atom. The Morgan fingerprint density at radius 2 is 1.81 bits per heavy atom. The van der Waals surface area contributed by atoms with E-state index < -0.39 is 17.7 Å². The summed E-state index contributed by atoms with van der Waals surface area (Å²) in [5.41, 5.74) is 5.59. The number of hydrogen-bond donors (Lipinski definition) is 1. The second-order valence-corrected chi connectivity index (χ2v) is 14.1. The molecule has 9 nitrogen and oxygen atoms in total. The van der Waals surface area contributed by atoms with Crippen LogP contribution in [0.2, 0.25) is 0 Å². The summed E-state index contributed by atoms with van der Waals surface area (Å²) in [4.78, 5) is 19.9. The lowest BCUT2D eigenvalue weighted by molar-refractivity contribution is -0.160. The number of aryl methyl sites for hydroxylation is 2. The molecule has 47 heavy (non-hydrogen) atoms. The molecule has 2 atom stereocenters. The van der Waals surface area contributed by atoms with Gasteiger partial charge in [0.15, 0.2) is 11.8 Å². The van der Waals surface area contributed by atoms with Gasteiger partial charge in [-0.05, 0) is 84.6 Å². The van der Waals surface area contributed by atoms with Crippen molar-refractivity contribution in [2.24, 2.45) is 0 Å². The summed E-state index contributed by atoms with van der Waals surface area (Å²) in [5.74, 6) is 0.476. The Balaban J connectivity index is 1.54. The van der Waals surface area contributed by atoms with Gasteiger partial charge in [0, 0.05) is 42.4 Å². The van der Waals surface area contributed by atoms with Gasteiger partial charge in [0.25, 0.3) is 0 Å². The minimum Gasteiger partial charge on any atom is -0.490 e. The second kappa shape index (κ2) is 12.8. The highest BCUT2D eigenvalue weighted by atomic mass is 16.5. The maximum atomic E-state index is 12.8. The van der Waals surface area contributed by atoms with E-state index in [2.05, 4.69) is 68.2 Å². The summed E-state index contributed by atoms with van der Waals surface area (Å²) in [5, 5.41) is 15.6. The van der Waals surface area contributed by atoms with Crippen LogP contribution in [-0.2, 0) is 14.3 Å². The molecule has 0 saturated carbocycles. The van der Waals surface area contributed by atoms with Gasteiger partial charge in [-0.3, -0.25) is 0 Å². The molecule has 1 fully saturated rings. The Kier molecular flexibility index (Phi) is 8.89. The number of aromatic nitrogens is 3. The first kappa shape index (κ1) is 32.7. The quantitative estimate of drug-likeness (QED) is 0.228. The van der Waals surface area contributed by atoms with Crippen LogP contribution in [0.3, 0.4) is 0 Å². The van der Waals surface area contributed by atoms with Gasteiger partial charge in [-0.1, -0.05) is 42.5 Å². The van der Waals surface area contributed by atoms with Crippen LogP contribution < -0.4 is 9.64 Å². The number of carbonyl (C=O) groups is 1. The number of piperidine rings is 1. The summed E-state index contributed by atoms with van der Waals surface area (Å²) in [6, 6.07) is 16.6. The maximum Gasteiger partial charge on any atom is 0.337 e. The molecule has 2 aromatic heterocycles. The highest BCUT2D eigenvalue weighted by molar-refractivity contribution is 5.80. The van der Waals surface area contributed by atoms with E-state index in [1.807, 2.05) is 45.9 Å². The molecular weight excluding hydrogens is 592 g/mol. The predicted molar refractivity (Wildman–Crippen MR) is 184 cm³/mol. The number of benzene rings is 2. The smallest absolute Gasteiger partial charge is 0.337 e. The molecule has 9 heteroatoms. The zero-order valence-corrected chi connectivity index (χ0v) is 28.5. The van der Waals surface area contributed by atoms with E-state index in [0.29, 0.717) is 42.4 Å². The van der Waals surface area contributed by atoms with Crippen molar-refractivity contribution in [3.05, 3.63) is 77.5 Å². The zero-order valence-electron chi connectivity index (χ0n) is 28.5. The summed E-state index contributed by atoms with van der Waals surface area (Å²) in [6.45, 7) is 15.6. The maximum absolute atomic E-state index is 12.8. The fraction of sp³-hybridized carbons (Fsp3) is 0.447. The molecule has 0 spiro atoms. The topological polar surface area (TPSA) is 98.4 Å². The van der Waals surface area contributed by atoms with E-state index in [1.165, 1.54) is 0 Å². The van der Waals surface area contributed by atoms with Gasteiger partial charge < -0.3 is 24.2 Å². The zero-order chi connectivity index (χ0) is 33.5. The Hall–Kier alpha value is -4.21. The predicted octanol–water partition coefficient (Wildman–Crippen LogP) is 7.72. The lowest BCUT2D eigenvalue weighted by atomic mass is 9.92. The molecule has 1 N–H and O–H groups in total. The van der Waals surface area contributed by atoms with Crippen LogP contribution in [0.25, 0.3) is 28.0 Å². The SMILES string of the molecule is Cc1ccc2c(c1)O[C@@H](C)CC=CCOC1(C)CCN(CC1)c1c([C@H](OC(C)(C)C)C(=O)O)c(C)nc3cc(nn13)-c1cccc-2c1. The molecule has 6 bridgehead atoms. The number of carboxylic acids is 1. The average Bonchev–Trinajstić information content (AvgIpc) is 3.43. The van der Waals surface area contributed by atoms with Gasteiger partial charge in [0.05, 0.1) is 35.2 Å². The summed E-state index contributed by atoms with van der Waals surface area (Å²) in [6.07, 6.45) is 5.28. The first-order valence-electron chi connectivity index (χ1n) is 16.5. The van der Waals surface area contributed by atoms with Crippen molar-refractivity contribution in [3.8, 4) is 28.1 Å². The van der Waals surface area contributed by atoms with Gasteiger partial charge in [0.2, 0.25) is 0 Å². The number of ether oxygens (including phenoxy) is 3. The van der Waals surface area contributed by atoms with Crippen LogP contribution in [0.1, 0.15) is 76.8 Å². The van der Waals surface area contributed by atoms with Crippen LogP contribution in [0, 0.1) is 13.8 Å². The molecule has 7 rings (SSSR count). The summed E-state index contributed by atoms with van der Waals surface area (Å²) >= 11 is 0. The fourth-order valence-corrected chi connectivity index (χ4v) is 6.47. The lowest BCUT2D eigenvalue weighted by Crippen LogP contribution is -2.45. The second-order valence-electron chi connectivity index (χ2n) is 14.1. The molecule has 0 aliphatic carbocycles. The minimum atomic E-state index is -1.22. The molecule has 0 radical (unpaired) electrons. The molecule has 3 aliphatic heterocycles. The molecule has 5 heterocycles. The number of rotatable bonds is 3. The average molecular weight is 639 g/mol. The van der Waals surface area contributed by atoms with Crippen molar-refractivity contribution >= 4 is 17.4 Å². The number of anilines is 1. The highest BCUT2D eigenvalue weighted by Crippen LogP contribution is 2.39. The number of carboxylic acid groups (broad SMARTS) is 1. The largest absolute Gasteiger partial charge is 0.490 e. The Bertz CT molecular complexity index is 1810. The van der Waals surface area contributed by atoms with Gasteiger partial charge >= 0.3 is 5.97 Å². The van der Waals surface area contributed by atoms with Crippen molar-refractivity contribution in [1.82, 2.24) is 14.6 Å². The van der Waals surface area contributed by atoms with Crippen LogP contribution >= 0.6 is 0 Å².